The number of fused-ring (bicyclic) bond motifs is 1. The summed E-state index contributed by atoms with van der Waals surface area (Å²) in [6, 6.07) is 4.55. The fourth-order valence-electron chi connectivity index (χ4n) is 2.05. The number of nitrogen functional groups attached to an aromatic ring is 1. The standard InChI is InChI=1S/C16H27N4O2Si/c1-5-6-9-22-16-18-13-7-8-20(14(13)15(17)19-16)12-21-10-11-23(2,3)4/h8H,5-6,9-12H2,1-4H3,(H2,17,18,19). The minimum atomic E-state index is -1.08. The van der Waals surface area contributed by atoms with Gasteiger partial charge in [-0.1, -0.05) is 33.0 Å². The number of rotatable bonds is 9. The smallest absolute Gasteiger partial charge is 0.319 e. The van der Waals surface area contributed by atoms with Crippen LogP contribution in [0.1, 0.15) is 19.8 Å². The van der Waals surface area contributed by atoms with E-state index in [2.05, 4.69) is 42.6 Å². The van der Waals surface area contributed by atoms with E-state index in [0.29, 0.717) is 30.7 Å². The molecule has 127 valence electrons. The SMILES string of the molecule is CCCCOc1nc(N)c2c([c]cn2COCC[Si](C)(C)C)n1. The first-order valence-electron chi connectivity index (χ1n) is 8.15. The molecule has 0 aliphatic heterocycles. The summed E-state index contributed by atoms with van der Waals surface area (Å²) in [5.74, 6) is 0.400. The van der Waals surface area contributed by atoms with Gasteiger partial charge in [0.25, 0.3) is 0 Å². The van der Waals surface area contributed by atoms with E-state index in [1.807, 2.05) is 4.57 Å². The van der Waals surface area contributed by atoms with E-state index in [9.17, 15) is 0 Å². The van der Waals surface area contributed by atoms with Crippen LogP contribution in [0.15, 0.2) is 6.20 Å². The minimum Gasteiger partial charge on any atom is -0.463 e. The summed E-state index contributed by atoms with van der Waals surface area (Å²) in [5.41, 5.74) is 7.47. The highest BCUT2D eigenvalue weighted by Crippen LogP contribution is 2.21. The van der Waals surface area contributed by atoms with E-state index in [0.717, 1.165) is 31.0 Å². The second-order valence-electron chi connectivity index (χ2n) is 6.88. The largest absolute Gasteiger partial charge is 0.463 e. The molecule has 0 atom stereocenters. The minimum absolute atomic E-state index is 0.317. The Hall–Kier alpha value is -1.60. The van der Waals surface area contributed by atoms with Gasteiger partial charge in [-0.3, -0.25) is 0 Å². The van der Waals surface area contributed by atoms with Crippen LogP contribution in [0.3, 0.4) is 0 Å². The number of nitrogens with zero attached hydrogens (tertiary/aromatic N) is 3. The monoisotopic (exact) mass is 335 g/mol. The Kier molecular flexibility index (Phi) is 6.01. The molecule has 1 radical (unpaired) electrons. The molecule has 0 fully saturated rings. The maximum absolute atomic E-state index is 6.06. The molecule has 0 aliphatic rings. The molecule has 0 amide bonds. The number of nitrogens with two attached hydrogens (primary N) is 1. The molecule has 6 nitrogen and oxygen atoms in total. The average Bonchev–Trinajstić information content (AvgIpc) is 2.86. The lowest BCUT2D eigenvalue weighted by Gasteiger charge is -2.16. The van der Waals surface area contributed by atoms with Gasteiger partial charge in [-0.15, -0.1) is 0 Å². The maximum atomic E-state index is 6.06. The number of hydrogen-bond donors (Lipinski definition) is 1. The van der Waals surface area contributed by atoms with Gasteiger partial charge in [0.1, 0.15) is 17.8 Å². The highest BCUT2D eigenvalue weighted by molar-refractivity contribution is 6.76. The summed E-state index contributed by atoms with van der Waals surface area (Å²) in [7, 11) is -1.08. The number of ether oxygens (including phenoxy) is 2. The van der Waals surface area contributed by atoms with Crippen molar-refractivity contribution in [3.63, 3.8) is 0 Å². The molecule has 0 aliphatic carbocycles. The van der Waals surface area contributed by atoms with Crippen molar-refractivity contribution < 1.29 is 9.47 Å². The third-order valence-corrected chi connectivity index (χ3v) is 5.19. The lowest BCUT2D eigenvalue weighted by Crippen LogP contribution is -2.22. The van der Waals surface area contributed by atoms with Crippen LogP contribution in [0.5, 0.6) is 6.01 Å². The number of anilines is 1. The third-order valence-electron chi connectivity index (χ3n) is 3.49. The van der Waals surface area contributed by atoms with Gasteiger partial charge in [-0.2, -0.15) is 9.97 Å². The van der Waals surface area contributed by atoms with Crippen molar-refractivity contribution in [2.75, 3.05) is 18.9 Å². The van der Waals surface area contributed by atoms with Crippen LogP contribution in [-0.2, 0) is 11.5 Å². The second kappa shape index (κ2) is 7.78. The average molecular weight is 336 g/mol. The number of hydrogen-bond acceptors (Lipinski definition) is 5. The summed E-state index contributed by atoms with van der Waals surface area (Å²) in [5, 5.41) is 0. The summed E-state index contributed by atoms with van der Waals surface area (Å²) in [6.07, 6.45) is 3.84. The first kappa shape index (κ1) is 17.7. The molecule has 23 heavy (non-hydrogen) atoms. The molecule has 0 saturated carbocycles. The van der Waals surface area contributed by atoms with Crippen molar-refractivity contribution in [1.29, 1.82) is 0 Å². The molecule has 0 aromatic carbocycles. The van der Waals surface area contributed by atoms with Gasteiger partial charge in [0.15, 0.2) is 5.82 Å². The Bertz CT molecular complexity index is 637. The summed E-state index contributed by atoms with van der Waals surface area (Å²) >= 11 is 0. The number of aromatic nitrogens is 3. The second-order valence-corrected chi connectivity index (χ2v) is 12.5. The van der Waals surface area contributed by atoms with Crippen LogP contribution in [0.4, 0.5) is 5.82 Å². The zero-order valence-corrected chi connectivity index (χ0v) is 15.6. The van der Waals surface area contributed by atoms with Crippen LogP contribution in [0.2, 0.25) is 25.7 Å². The van der Waals surface area contributed by atoms with Crippen molar-refractivity contribution in [2.24, 2.45) is 0 Å². The van der Waals surface area contributed by atoms with E-state index in [4.69, 9.17) is 15.2 Å². The molecule has 2 N–H and O–H groups in total. The van der Waals surface area contributed by atoms with Gasteiger partial charge < -0.3 is 19.8 Å². The Morgan fingerprint density at radius 3 is 2.74 bits per heavy atom. The Balaban J connectivity index is 2.02. The highest BCUT2D eigenvalue weighted by atomic mass is 28.3. The van der Waals surface area contributed by atoms with Gasteiger partial charge >= 0.3 is 6.01 Å². The molecular formula is C16H27N4O2Si. The molecule has 7 heteroatoms. The van der Waals surface area contributed by atoms with Crippen molar-refractivity contribution in [3.05, 3.63) is 12.3 Å². The van der Waals surface area contributed by atoms with Gasteiger partial charge in [-0.25, -0.2) is 0 Å². The quantitative estimate of drug-likeness (QED) is 0.562. The molecule has 2 aromatic heterocycles. The topological polar surface area (TPSA) is 75.2 Å². The van der Waals surface area contributed by atoms with Crippen molar-refractivity contribution in [2.45, 2.75) is 52.2 Å². The summed E-state index contributed by atoms with van der Waals surface area (Å²) in [4.78, 5) is 8.59. The Morgan fingerprint density at radius 1 is 1.26 bits per heavy atom. The van der Waals surface area contributed by atoms with Crippen LogP contribution in [0, 0.1) is 6.07 Å². The fourth-order valence-corrected chi connectivity index (χ4v) is 2.81. The van der Waals surface area contributed by atoms with Gasteiger partial charge in [0.05, 0.1) is 6.61 Å². The van der Waals surface area contributed by atoms with E-state index >= 15 is 0 Å². The van der Waals surface area contributed by atoms with Crippen LogP contribution < -0.4 is 10.5 Å². The van der Waals surface area contributed by atoms with Crippen LogP contribution in [-0.4, -0.2) is 35.8 Å². The van der Waals surface area contributed by atoms with Gasteiger partial charge in [0.2, 0.25) is 0 Å². The van der Waals surface area contributed by atoms with Crippen molar-refractivity contribution >= 4 is 24.9 Å². The fraction of sp³-hybridized carbons (Fsp3) is 0.625. The Labute approximate surface area is 139 Å². The van der Waals surface area contributed by atoms with Crippen molar-refractivity contribution in [3.8, 4) is 6.01 Å². The summed E-state index contributed by atoms with van der Waals surface area (Å²) < 4.78 is 13.2. The first-order valence-corrected chi connectivity index (χ1v) is 11.9. The third kappa shape index (κ3) is 5.21. The molecule has 2 rings (SSSR count). The van der Waals surface area contributed by atoms with E-state index in [1.165, 1.54) is 0 Å². The summed E-state index contributed by atoms with van der Waals surface area (Å²) in [6.45, 7) is 10.9. The van der Waals surface area contributed by atoms with Crippen LogP contribution in [0.25, 0.3) is 11.0 Å². The first-order chi connectivity index (χ1) is 10.9. The van der Waals surface area contributed by atoms with E-state index in [1.54, 1.807) is 6.20 Å². The molecule has 0 bridgehead atoms. The number of unbranched alkanes of at least 4 members (excludes halogenated alkanes) is 1. The lowest BCUT2D eigenvalue weighted by molar-refractivity contribution is 0.0902. The molecule has 0 saturated heterocycles. The molecule has 2 heterocycles. The zero-order chi connectivity index (χ0) is 16.9. The predicted octanol–water partition coefficient (Wildman–Crippen LogP) is 3.30. The molecular weight excluding hydrogens is 308 g/mol. The van der Waals surface area contributed by atoms with Gasteiger partial charge in [0, 0.05) is 26.9 Å². The van der Waals surface area contributed by atoms with Gasteiger partial charge in [-0.05, 0) is 12.5 Å². The normalized spacial score (nSPS) is 12.0. The molecule has 0 spiro atoms. The van der Waals surface area contributed by atoms with Crippen molar-refractivity contribution in [1.82, 2.24) is 14.5 Å². The van der Waals surface area contributed by atoms with E-state index < -0.39 is 8.07 Å². The highest BCUT2D eigenvalue weighted by Gasteiger charge is 2.14. The predicted molar refractivity (Wildman–Crippen MR) is 95.3 cm³/mol. The lowest BCUT2D eigenvalue weighted by atomic mass is 10.4. The van der Waals surface area contributed by atoms with Crippen LogP contribution >= 0.6 is 0 Å². The maximum Gasteiger partial charge on any atom is 0.319 e. The Morgan fingerprint density at radius 2 is 2.04 bits per heavy atom. The molecule has 0 unspecified atom stereocenters. The molecule has 2 aromatic rings. The van der Waals surface area contributed by atoms with E-state index in [-0.39, 0.29) is 0 Å². The zero-order valence-electron chi connectivity index (χ0n) is 14.6.